The minimum absolute atomic E-state index is 0.0305. The summed E-state index contributed by atoms with van der Waals surface area (Å²) in [6.45, 7) is 0.423. The number of amides is 1. The molecule has 1 fully saturated rings. The second-order valence-corrected chi connectivity index (χ2v) is 9.17. The summed E-state index contributed by atoms with van der Waals surface area (Å²) < 4.78 is 0. The molecule has 1 aromatic heterocycles. The lowest BCUT2D eigenvalue weighted by Crippen LogP contribution is -2.35. The monoisotopic (exact) mass is 454 g/mol. The number of hydrogen-bond donors (Lipinski definition) is 3. The number of aliphatic hydroxyl groups excluding tert-OH is 1. The predicted molar refractivity (Wildman–Crippen MR) is 133 cm³/mol. The molecule has 0 radical (unpaired) electrons. The van der Waals surface area contributed by atoms with Gasteiger partial charge in [0.15, 0.2) is 0 Å². The molecule has 174 valence electrons. The number of nitrogens with one attached hydrogen (secondary N) is 2. The van der Waals surface area contributed by atoms with Crippen LogP contribution in [0.25, 0.3) is 11.0 Å². The van der Waals surface area contributed by atoms with E-state index in [1.807, 2.05) is 78.9 Å². The summed E-state index contributed by atoms with van der Waals surface area (Å²) in [5.41, 5.74) is 4.68. The van der Waals surface area contributed by atoms with Crippen LogP contribution >= 0.6 is 0 Å². The molecular formula is C28H30N4O2. The maximum atomic E-state index is 12.9. The van der Waals surface area contributed by atoms with Gasteiger partial charge in [-0.15, -0.1) is 0 Å². The van der Waals surface area contributed by atoms with Gasteiger partial charge in [-0.25, -0.2) is 4.98 Å². The van der Waals surface area contributed by atoms with Gasteiger partial charge in [0.1, 0.15) is 5.82 Å². The molecule has 1 saturated heterocycles. The first-order valence-corrected chi connectivity index (χ1v) is 11.8. The van der Waals surface area contributed by atoms with Crippen LogP contribution in [0.3, 0.4) is 0 Å². The molecule has 1 amide bonds. The zero-order valence-electron chi connectivity index (χ0n) is 19.3. The van der Waals surface area contributed by atoms with E-state index in [4.69, 9.17) is 0 Å². The van der Waals surface area contributed by atoms with E-state index in [1.165, 1.54) is 5.56 Å². The molecule has 4 aromatic rings. The van der Waals surface area contributed by atoms with Gasteiger partial charge in [0, 0.05) is 24.7 Å². The van der Waals surface area contributed by atoms with Crippen LogP contribution in [0.5, 0.6) is 0 Å². The van der Waals surface area contributed by atoms with E-state index in [-0.39, 0.29) is 11.9 Å². The summed E-state index contributed by atoms with van der Waals surface area (Å²) in [5.74, 6) is 0.741. The van der Waals surface area contributed by atoms with Crippen molar-refractivity contribution in [1.29, 1.82) is 0 Å². The molecule has 3 N–H and O–H groups in total. The zero-order chi connectivity index (χ0) is 23.5. The van der Waals surface area contributed by atoms with Crippen molar-refractivity contribution in [1.82, 2.24) is 20.2 Å². The van der Waals surface area contributed by atoms with Crippen LogP contribution in [-0.4, -0.2) is 45.0 Å². The fourth-order valence-electron chi connectivity index (χ4n) is 4.81. The Morgan fingerprint density at radius 1 is 1.03 bits per heavy atom. The highest BCUT2D eigenvalue weighted by atomic mass is 16.3. The van der Waals surface area contributed by atoms with Crippen molar-refractivity contribution in [3.05, 3.63) is 101 Å². The third-order valence-corrected chi connectivity index (χ3v) is 6.65. The average molecular weight is 455 g/mol. The number of imidazole rings is 1. The topological polar surface area (TPSA) is 81.2 Å². The number of aromatic amines is 1. The minimum Gasteiger partial charge on any atom is -0.387 e. The Morgan fingerprint density at radius 2 is 1.76 bits per heavy atom. The fourth-order valence-corrected chi connectivity index (χ4v) is 4.81. The third-order valence-electron chi connectivity index (χ3n) is 6.65. The summed E-state index contributed by atoms with van der Waals surface area (Å²) in [4.78, 5) is 22.4. The first-order valence-electron chi connectivity index (χ1n) is 11.8. The molecule has 0 unspecified atom stereocenters. The number of fused-ring (bicyclic) bond motifs is 1. The lowest BCUT2D eigenvalue weighted by molar-refractivity contribution is 0.0782. The molecule has 3 atom stereocenters. The van der Waals surface area contributed by atoms with E-state index in [2.05, 4.69) is 15.3 Å². The van der Waals surface area contributed by atoms with Crippen molar-refractivity contribution in [2.45, 2.75) is 44.0 Å². The molecule has 34 heavy (non-hydrogen) atoms. The molecule has 0 bridgehead atoms. The zero-order valence-corrected chi connectivity index (χ0v) is 19.3. The highest BCUT2D eigenvalue weighted by molar-refractivity contribution is 5.94. The predicted octanol–water partition coefficient (Wildman–Crippen LogP) is 4.23. The molecule has 5 rings (SSSR count). The summed E-state index contributed by atoms with van der Waals surface area (Å²) >= 11 is 0. The van der Waals surface area contributed by atoms with Crippen LogP contribution < -0.4 is 5.32 Å². The van der Waals surface area contributed by atoms with E-state index >= 15 is 0 Å². The van der Waals surface area contributed by atoms with Crippen LogP contribution in [0, 0.1) is 0 Å². The number of para-hydroxylation sites is 2. The quantitative estimate of drug-likeness (QED) is 0.390. The first kappa shape index (κ1) is 22.3. The largest absolute Gasteiger partial charge is 0.387 e. The maximum Gasteiger partial charge on any atom is 0.253 e. The van der Waals surface area contributed by atoms with E-state index < -0.39 is 6.10 Å². The lowest BCUT2D eigenvalue weighted by Gasteiger charge is -2.20. The molecule has 0 saturated carbocycles. The average Bonchev–Trinajstić information content (AvgIpc) is 3.50. The Labute approximate surface area is 199 Å². The molecule has 0 spiro atoms. The highest BCUT2D eigenvalue weighted by Crippen LogP contribution is 2.26. The van der Waals surface area contributed by atoms with Gasteiger partial charge in [-0.3, -0.25) is 4.79 Å². The van der Waals surface area contributed by atoms with Crippen LogP contribution in [0.15, 0.2) is 78.9 Å². The van der Waals surface area contributed by atoms with Crippen LogP contribution in [-0.2, 0) is 13.0 Å². The van der Waals surface area contributed by atoms with E-state index in [0.29, 0.717) is 18.2 Å². The molecule has 1 aliphatic rings. The van der Waals surface area contributed by atoms with Gasteiger partial charge in [-0.2, -0.15) is 0 Å². The van der Waals surface area contributed by atoms with Gasteiger partial charge in [0.25, 0.3) is 5.91 Å². The Bertz CT molecular complexity index is 1220. The SMILES string of the molecule is CN(Cc1nc2ccccc2[nH]1)C(=O)c1ccc(C[C@@H]2CC[C@H]([C@H](O)c3ccccc3)N2)cc1. The number of carbonyl (C=O) groups excluding carboxylic acids is 1. The van der Waals surface area contributed by atoms with E-state index in [9.17, 15) is 9.90 Å². The number of nitrogens with zero attached hydrogens (tertiary/aromatic N) is 2. The molecule has 6 heteroatoms. The van der Waals surface area contributed by atoms with Crippen molar-refractivity contribution in [2.75, 3.05) is 7.05 Å². The van der Waals surface area contributed by atoms with Gasteiger partial charge >= 0.3 is 0 Å². The lowest BCUT2D eigenvalue weighted by atomic mass is 10.0. The molecule has 2 heterocycles. The first-order chi connectivity index (χ1) is 16.6. The third kappa shape index (κ3) is 4.88. The standard InChI is InChI=1S/C28H30N4O2/c1-32(18-26-30-23-9-5-6-10-24(23)31-26)28(34)21-13-11-19(12-14-21)17-22-15-16-25(29-22)27(33)20-7-3-2-4-8-20/h2-14,22,25,27,29,33H,15-18H2,1H3,(H,30,31)/t22-,25+,27+/m0/s1. The van der Waals surface area contributed by atoms with Crippen molar-refractivity contribution < 1.29 is 9.90 Å². The van der Waals surface area contributed by atoms with Crippen molar-refractivity contribution in [3.8, 4) is 0 Å². The van der Waals surface area contributed by atoms with Gasteiger partial charge in [0.05, 0.1) is 23.7 Å². The summed E-state index contributed by atoms with van der Waals surface area (Å²) in [6.07, 6.45) is 2.36. The Balaban J connectivity index is 1.16. The van der Waals surface area contributed by atoms with E-state index in [0.717, 1.165) is 41.7 Å². The van der Waals surface area contributed by atoms with Gasteiger partial charge in [0.2, 0.25) is 0 Å². The van der Waals surface area contributed by atoms with Gasteiger partial charge < -0.3 is 20.3 Å². The smallest absolute Gasteiger partial charge is 0.253 e. The van der Waals surface area contributed by atoms with E-state index in [1.54, 1.807) is 11.9 Å². The molecular weight excluding hydrogens is 424 g/mol. The Morgan fingerprint density at radius 3 is 2.53 bits per heavy atom. The molecule has 6 nitrogen and oxygen atoms in total. The molecule has 0 aliphatic carbocycles. The molecule has 3 aromatic carbocycles. The number of carbonyl (C=O) groups is 1. The van der Waals surface area contributed by atoms with Gasteiger partial charge in [-0.1, -0.05) is 54.6 Å². The number of benzene rings is 3. The second-order valence-electron chi connectivity index (χ2n) is 9.17. The number of rotatable bonds is 7. The molecule has 1 aliphatic heterocycles. The summed E-state index contributed by atoms with van der Waals surface area (Å²) in [5, 5.41) is 14.3. The number of aliphatic hydroxyl groups is 1. The van der Waals surface area contributed by atoms with Crippen LogP contribution in [0.4, 0.5) is 0 Å². The fraction of sp³-hybridized carbons (Fsp3) is 0.286. The van der Waals surface area contributed by atoms with Crippen molar-refractivity contribution in [2.24, 2.45) is 0 Å². The highest BCUT2D eigenvalue weighted by Gasteiger charge is 2.29. The number of H-pyrrole nitrogens is 1. The number of aromatic nitrogens is 2. The van der Waals surface area contributed by atoms with Crippen LogP contribution in [0.2, 0.25) is 0 Å². The minimum atomic E-state index is -0.492. The summed E-state index contributed by atoms with van der Waals surface area (Å²) in [6, 6.07) is 25.9. The number of hydrogen-bond acceptors (Lipinski definition) is 4. The van der Waals surface area contributed by atoms with Gasteiger partial charge in [-0.05, 0) is 54.7 Å². The Hall–Kier alpha value is -3.48. The van der Waals surface area contributed by atoms with Crippen molar-refractivity contribution >= 4 is 16.9 Å². The second kappa shape index (κ2) is 9.79. The summed E-state index contributed by atoms with van der Waals surface area (Å²) in [7, 11) is 1.80. The van der Waals surface area contributed by atoms with Crippen LogP contribution in [0.1, 0.15) is 46.3 Å². The normalized spacial score (nSPS) is 18.8. The van der Waals surface area contributed by atoms with Crippen molar-refractivity contribution in [3.63, 3.8) is 0 Å². The Kier molecular flexibility index (Phi) is 6.43. The maximum absolute atomic E-state index is 12.9.